The Morgan fingerprint density at radius 1 is 1.00 bits per heavy atom. The van der Waals surface area contributed by atoms with E-state index in [1.807, 2.05) is 25.1 Å². The molecule has 40 heavy (non-hydrogen) atoms. The van der Waals surface area contributed by atoms with Crippen LogP contribution in [0.1, 0.15) is 21.5 Å². The average Bonchev–Trinajstić information content (AvgIpc) is 2.92. The molecule has 5 rings (SSSR count). The van der Waals surface area contributed by atoms with Crippen molar-refractivity contribution in [3.63, 3.8) is 0 Å². The first-order valence-corrected chi connectivity index (χ1v) is 13.4. The molecule has 0 spiro atoms. The molecule has 202 valence electrons. The van der Waals surface area contributed by atoms with Crippen LogP contribution in [0.25, 0.3) is 32.9 Å². The fraction of sp³-hybridized carbons (Fsp3) is 0.133. The molecule has 0 bridgehead atoms. The van der Waals surface area contributed by atoms with Crippen LogP contribution in [0.3, 0.4) is 0 Å². The van der Waals surface area contributed by atoms with Crippen molar-refractivity contribution >= 4 is 68.5 Å². The van der Waals surface area contributed by atoms with Gasteiger partial charge in [0, 0.05) is 35.5 Å². The van der Waals surface area contributed by atoms with Crippen LogP contribution in [-0.2, 0) is 18.3 Å². The van der Waals surface area contributed by atoms with Gasteiger partial charge in [-0.3, -0.25) is 14.6 Å². The number of carbonyl (C=O) groups excluding carboxylic acids is 1. The number of carboxylic acid groups (broad SMARTS) is 1. The molecular formula is C30H22Cl3N3O4. The van der Waals surface area contributed by atoms with Gasteiger partial charge in [-0.05, 0) is 60.0 Å². The molecule has 2 heterocycles. The molecule has 10 heteroatoms. The predicted octanol–water partition coefficient (Wildman–Crippen LogP) is 6.45. The maximum absolute atomic E-state index is 13.6. The van der Waals surface area contributed by atoms with E-state index in [9.17, 15) is 19.5 Å². The molecule has 3 aromatic carbocycles. The number of benzene rings is 3. The highest BCUT2D eigenvalue weighted by Gasteiger charge is 2.26. The van der Waals surface area contributed by atoms with Crippen molar-refractivity contribution in [2.45, 2.75) is 19.4 Å². The van der Waals surface area contributed by atoms with Crippen molar-refractivity contribution in [2.75, 3.05) is 0 Å². The first kappa shape index (κ1) is 27.6. The van der Waals surface area contributed by atoms with Gasteiger partial charge in [-0.15, -0.1) is 0 Å². The van der Waals surface area contributed by atoms with Gasteiger partial charge < -0.3 is 15.0 Å². The van der Waals surface area contributed by atoms with E-state index >= 15 is 0 Å². The van der Waals surface area contributed by atoms with E-state index in [1.54, 1.807) is 48.1 Å². The smallest absolute Gasteiger partial charge is 0.326 e. The molecular weight excluding hydrogens is 573 g/mol. The summed E-state index contributed by atoms with van der Waals surface area (Å²) in [6.45, 7) is 1.88. The average molecular weight is 595 g/mol. The number of nitrogens with one attached hydrogen (secondary N) is 1. The highest BCUT2D eigenvalue weighted by molar-refractivity contribution is 6.39. The lowest BCUT2D eigenvalue weighted by Crippen LogP contribution is -2.42. The van der Waals surface area contributed by atoms with Crippen LogP contribution in [0, 0.1) is 6.92 Å². The summed E-state index contributed by atoms with van der Waals surface area (Å²) in [6, 6.07) is 15.8. The van der Waals surface area contributed by atoms with Gasteiger partial charge >= 0.3 is 5.97 Å². The van der Waals surface area contributed by atoms with Crippen LogP contribution in [0.4, 0.5) is 0 Å². The van der Waals surface area contributed by atoms with E-state index in [-0.39, 0.29) is 27.6 Å². The SMILES string of the molecule is Cc1c(-c2ccc(C[C@H](NC(=O)c3c(Cl)cccc3Cl)C(=O)O)c3ncccc23)c(=O)n(C)c2ccc(Cl)cc12. The summed E-state index contributed by atoms with van der Waals surface area (Å²) in [4.78, 5) is 43.2. The van der Waals surface area contributed by atoms with Crippen LogP contribution < -0.4 is 10.9 Å². The summed E-state index contributed by atoms with van der Waals surface area (Å²) in [5.74, 6) is -1.94. The third-order valence-electron chi connectivity index (χ3n) is 6.96. The Kier molecular flexibility index (Phi) is 7.55. The molecule has 5 aromatic rings. The van der Waals surface area contributed by atoms with Gasteiger partial charge in [0.1, 0.15) is 6.04 Å². The number of nitrogens with zero attached hydrogens (tertiary/aromatic N) is 2. The minimum Gasteiger partial charge on any atom is -0.480 e. The Morgan fingerprint density at radius 3 is 2.42 bits per heavy atom. The molecule has 0 aliphatic rings. The second-order valence-corrected chi connectivity index (χ2v) is 10.6. The number of carbonyl (C=O) groups is 2. The summed E-state index contributed by atoms with van der Waals surface area (Å²) in [6.07, 6.45) is 1.53. The van der Waals surface area contributed by atoms with Gasteiger partial charge in [0.15, 0.2) is 0 Å². The van der Waals surface area contributed by atoms with Gasteiger partial charge in [0.25, 0.3) is 11.5 Å². The number of hydrogen-bond acceptors (Lipinski definition) is 4. The summed E-state index contributed by atoms with van der Waals surface area (Å²) in [5.41, 5.74) is 3.60. The number of pyridine rings is 2. The lowest BCUT2D eigenvalue weighted by atomic mass is 9.92. The monoisotopic (exact) mass is 593 g/mol. The molecule has 2 aromatic heterocycles. The van der Waals surface area contributed by atoms with E-state index in [4.69, 9.17) is 34.8 Å². The Morgan fingerprint density at radius 2 is 1.73 bits per heavy atom. The molecule has 0 saturated carbocycles. The Hall–Kier alpha value is -3.91. The second kappa shape index (κ2) is 10.9. The molecule has 0 radical (unpaired) electrons. The highest BCUT2D eigenvalue weighted by atomic mass is 35.5. The molecule has 1 amide bonds. The topological polar surface area (TPSA) is 101 Å². The molecule has 0 fully saturated rings. The number of halogens is 3. The minimum atomic E-state index is -1.30. The lowest BCUT2D eigenvalue weighted by Gasteiger charge is -2.18. The minimum absolute atomic E-state index is 0.00172. The van der Waals surface area contributed by atoms with E-state index < -0.39 is 17.9 Å². The van der Waals surface area contributed by atoms with Crippen LogP contribution in [0.5, 0.6) is 0 Å². The summed E-state index contributed by atoms with van der Waals surface area (Å²) >= 11 is 18.6. The Bertz CT molecular complexity index is 1880. The predicted molar refractivity (Wildman–Crippen MR) is 159 cm³/mol. The number of fused-ring (bicyclic) bond motifs is 2. The zero-order chi connectivity index (χ0) is 28.7. The zero-order valence-electron chi connectivity index (χ0n) is 21.3. The van der Waals surface area contributed by atoms with Crippen molar-refractivity contribution < 1.29 is 14.7 Å². The quantitative estimate of drug-likeness (QED) is 0.235. The van der Waals surface area contributed by atoms with E-state index in [1.165, 1.54) is 12.1 Å². The highest BCUT2D eigenvalue weighted by Crippen LogP contribution is 2.34. The molecule has 2 N–H and O–H groups in total. The first-order chi connectivity index (χ1) is 19.1. The van der Waals surface area contributed by atoms with Gasteiger partial charge in [-0.2, -0.15) is 0 Å². The summed E-state index contributed by atoms with van der Waals surface area (Å²) < 4.78 is 1.58. The number of carboxylic acids is 1. The summed E-state index contributed by atoms with van der Waals surface area (Å²) in [7, 11) is 1.71. The van der Waals surface area contributed by atoms with Crippen LogP contribution >= 0.6 is 34.8 Å². The Labute approximate surface area is 243 Å². The molecule has 7 nitrogen and oxygen atoms in total. The van der Waals surface area contributed by atoms with Crippen LogP contribution in [0.15, 0.2) is 71.7 Å². The lowest BCUT2D eigenvalue weighted by molar-refractivity contribution is -0.139. The summed E-state index contributed by atoms with van der Waals surface area (Å²) in [5, 5.41) is 14.8. The Balaban J connectivity index is 1.60. The third-order valence-corrected chi connectivity index (χ3v) is 7.82. The molecule has 0 aliphatic carbocycles. The van der Waals surface area contributed by atoms with E-state index in [2.05, 4.69) is 10.3 Å². The van der Waals surface area contributed by atoms with Crippen molar-refractivity contribution in [1.29, 1.82) is 0 Å². The van der Waals surface area contributed by atoms with Gasteiger partial charge in [0.05, 0.1) is 32.2 Å². The number of aryl methyl sites for hydroxylation is 2. The van der Waals surface area contributed by atoms with E-state index in [0.717, 1.165) is 16.5 Å². The maximum Gasteiger partial charge on any atom is 0.326 e. The van der Waals surface area contributed by atoms with E-state index in [0.29, 0.717) is 32.6 Å². The standard InChI is InChI=1S/C30H22Cl3N3O4/c1-15-20-14-17(31)9-11-24(20)36(2)29(38)25(15)18-10-8-16(27-19(18)5-4-12-34-27)13-23(30(39)40)35-28(37)26-21(32)6-3-7-22(26)33/h3-12,14,23H,13H2,1-2H3,(H,35,37)(H,39,40)/t23-/m0/s1. The zero-order valence-corrected chi connectivity index (χ0v) is 23.6. The number of aromatic nitrogens is 2. The van der Waals surface area contributed by atoms with Crippen molar-refractivity contribution in [3.8, 4) is 11.1 Å². The van der Waals surface area contributed by atoms with Gasteiger partial charge in [0.2, 0.25) is 0 Å². The molecule has 1 atom stereocenters. The molecule has 0 aliphatic heterocycles. The number of hydrogen-bond donors (Lipinski definition) is 2. The first-order valence-electron chi connectivity index (χ1n) is 12.2. The number of aliphatic carboxylic acids is 1. The second-order valence-electron chi connectivity index (χ2n) is 9.36. The molecule has 0 saturated heterocycles. The third kappa shape index (κ3) is 4.92. The van der Waals surface area contributed by atoms with Crippen molar-refractivity contribution in [2.24, 2.45) is 7.05 Å². The number of rotatable bonds is 6. The normalized spacial score (nSPS) is 12.0. The van der Waals surface area contributed by atoms with Gasteiger partial charge in [-0.25, -0.2) is 4.79 Å². The van der Waals surface area contributed by atoms with Crippen molar-refractivity contribution in [1.82, 2.24) is 14.9 Å². The fourth-order valence-corrected chi connectivity index (χ4v) is 5.71. The molecule has 0 unspecified atom stereocenters. The largest absolute Gasteiger partial charge is 0.480 e. The van der Waals surface area contributed by atoms with Crippen LogP contribution in [0.2, 0.25) is 15.1 Å². The van der Waals surface area contributed by atoms with Crippen molar-refractivity contribution in [3.05, 3.63) is 109 Å². The maximum atomic E-state index is 13.6. The van der Waals surface area contributed by atoms with Gasteiger partial charge in [-0.1, -0.05) is 59.1 Å². The van der Waals surface area contributed by atoms with Crippen LogP contribution in [-0.4, -0.2) is 32.6 Å². The fourth-order valence-electron chi connectivity index (χ4n) is 4.97. The number of amides is 1.